The maximum Gasteiger partial charge on any atom is 0.0408 e. The van der Waals surface area contributed by atoms with Crippen LogP contribution in [-0.4, -0.2) is 12.1 Å². The van der Waals surface area contributed by atoms with Gasteiger partial charge < -0.3 is 5.32 Å². The molecule has 19 heavy (non-hydrogen) atoms. The zero-order valence-corrected chi connectivity index (χ0v) is 13.9. The van der Waals surface area contributed by atoms with E-state index >= 15 is 0 Å². The third-order valence-electron chi connectivity index (χ3n) is 3.91. The van der Waals surface area contributed by atoms with E-state index in [9.17, 15) is 0 Å². The summed E-state index contributed by atoms with van der Waals surface area (Å²) >= 11 is 6.09. The molecule has 0 fully saturated rings. The minimum absolute atomic E-state index is 0.157. The Morgan fingerprint density at radius 2 is 1.79 bits per heavy atom. The molecule has 2 heteroatoms. The topological polar surface area (TPSA) is 12.0 Å². The van der Waals surface area contributed by atoms with E-state index in [0.29, 0.717) is 5.92 Å². The summed E-state index contributed by atoms with van der Waals surface area (Å²) in [5.74, 6) is 0.612. The van der Waals surface area contributed by atoms with Crippen LogP contribution in [0.3, 0.4) is 0 Å². The Labute approximate surface area is 123 Å². The van der Waals surface area contributed by atoms with Gasteiger partial charge in [-0.25, -0.2) is 0 Å². The predicted octanol–water partition coefficient (Wildman–Crippen LogP) is 4.93. The van der Waals surface area contributed by atoms with Crippen molar-refractivity contribution in [1.29, 1.82) is 0 Å². The molecule has 0 aliphatic carbocycles. The fraction of sp³-hybridized carbons (Fsp3) is 0.647. The van der Waals surface area contributed by atoms with Gasteiger partial charge in [-0.2, -0.15) is 0 Å². The molecule has 0 spiro atoms. The Morgan fingerprint density at radius 3 is 2.26 bits per heavy atom. The fourth-order valence-corrected chi connectivity index (χ4v) is 2.26. The third kappa shape index (κ3) is 5.54. The van der Waals surface area contributed by atoms with E-state index in [-0.39, 0.29) is 11.0 Å². The van der Waals surface area contributed by atoms with Gasteiger partial charge in [-0.15, -0.1) is 0 Å². The Bertz CT molecular complexity index is 406. The first-order valence-corrected chi connectivity index (χ1v) is 7.50. The molecule has 1 unspecified atom stereocenters. The molecule has 1 aromatic carbocycles. The molecule has 1 N–H and O–H groups in total. The van der Waals surface area contributed by atoms with Crippen LogP contribution in [0.5, 0.6) is 0 Å². The van der Waals surface area contributed by atoms with E-state index in [1.807, 2.05) is 12.1 Å². The first-order chi connectivity index (χ1) is 8.62. The van der Waals surface area contributed by atoms with Gasteiger partial charge in [-0.3, -0.25) is 0 Å². The molecule has 0 saturated carbocycles. The molecule has 0 aromatic heterocycles. The van der Waals surface area contributed by atoms with Crippen molar-refractivity contribution in [2.45, 2.75) is 53.5 Å². The lowest BCUT2D eigenvalue weighted by molar-refractivity contribution is 0.188. The van der Waals surface area contributed by atoms with Gasteiger partial charge in [0.2, 0.25) is 0 Å². The zero-order valence-electron chi connectivity index (χ0n) is 13.2. The molecule has 108 valence electrons. The molecule has 0 bridgehead atoms. The summed E-state index contributed by atoms with van der Waals surface area (Å²) in [6.45, 7) is 14.6. The Balaban J connectivity index is 2.82. The summed E-state index contributed by atoms with van der Waals surface area (Å²) in [7, 11) is 0. The highest BCUT2D eigenvalue weighted by molar-refractivity contribution is 6.30. The van der Waals surface area contributed by atoms with Crippen molar-refractivity contribution < 1.29 is 0 Å². The van der Waals surface area contributed by atoms with Gasteiger partial charge in [0.15, 0.2) is 0 Å². The van der Waals surface area contributed by atoms with E-state index in [1.54, 1.807) is 0 Å². The van der Waals surface area contributed by atoms with Crippen LogP contribution >= 0.6 is 11.6 Å². The summed E-state index contributed by atoms with van der Waals surface area (Å²) in [5, 5.41) is 4.47. The number of benzene rings is 1. The molecule has 0 saturated heterocycles. The van der Waals surface area contributed by atoms with E-state index in [0.717, 1.165) is 18.0 Å². The molecule has 0 radical (unpaired) electrons. The molecular weight excluding hydrogens is 254 g/mol. The van der Waals surface area contributed by atoms with Gasteiger partial charge >= 0.3 is 0 Å². The summed E-state index contributed by atoms with van der Waals surface area (Å²) in [5.41, 5.74) is 1.71. The van der Waals surface area contributed by atoms with Gasteiger partial charge in [0.25, 0.3) is 0 Å². The monoisotopic (exact) mass is 281 g/mol. The van der Waals surface area contributed by atoms with Crippen LogP contribution in [0.25, 0.3) is 0 Å². The number of hydrogen-bond acceptors (Lipinski definition) is 1. The smallest absolute Gasteiger partial charge is 0.0408 e. The Kier molecular flexibility index (Phi) is 5.46. The molecule has 1 rings (SSSR count). The van der Waals surface area contributed by atoms with Crippen molar-refractivity contribution in [3.05, 3.63) is 34.9 Å². The van der Waals surface area contributed by atoms with Crippen LogP contribution in [0.2, 0.25) is 5.02 Å². The highest BCUT2D eigenvalue weighted by Gasteiger charge is 2.30. The van der Waals surface area contributed by atoms with Crippen LogP contribution in [-0.2, 0) is 6.42 Å². The molecule has 0 aliphatic rings. The van der Waals surface area contributed by atoms with Gasteiger partial charge in [0.05, 0.1) is 0 Å². The maximum absolute atomic E-state index is 6.09. The molecular formula is C17H28ClN. The van der Waals surface area contributed by atoms with Crippen molar-refractivity contribution in [3.8, 4) is 0 Å². The first kappa shape index (κ1) is 16.5. The second-order valence-electron chi connectivity index (χ2n) is 7.22. The summed E-state index contributed by atoms with van der Waals surface area (Å²) in [4.78, 5) is 0. The molecule has 0 heterocycles. The van der Waals surface area contributed by atoms with Crippen molar-refractivity contribution in [1.82, 2.24) is 5.32 Å². The van der Waals surface area contributed by atoms with Crippen molar-refractivity contribution >= 4 is 11.6 Å². The minimum Gasteiger partial charge on any atom is -0.312 e. The molecule has 0 aliphatic heterocycles. The van der Waals surface area contributed by atoms with Crippen molar-refractivity contribution in [3.63, 3.8) is 0 Å². The van der Waals surface area contributed by atoms with E-state index in [1.165, 1.54) is 5.56 Å². The van der Waals surface area contributed by atoms with E-state index < -0.39 is 0 Å². The number of rotatable bonds is 5. The fourth-order valence-electron chi connectivity index (χ4n) is 2.05. The lowest BCUT2D eigenvalue weighted by Crippen LogP contribution is -2.45. The van der Waals surface area contributed by atoms with Gasteiger partial charge in [0.1, 0.15) is 0 Å². The predicted molar refractivity (Wildman–Crippen MR) is 85.9 cm³/mol. The summed E-state index contributed by atoms with van der Waals surface area (Å²) in [6.07, 6.45) is 1.05. The standard InChI is InChI=1S/C17H28ClN/c1-13(2)17(6,12-19-16(3,4)5)11-14-8-7-9-15(18)10-14/h7-10,13,19H,11-12H2,1-6H3. The van der Waals surface area contributed by atoms with Gasteiger partial charge in [0, 0.05) is 17.1 Å². The number of hydrogen-bond donors (Lipinski definition) is 1. The maximum atomic E-state index is 6.09. The lowest BCUT2D eigenvalue weighted by atomic mass is 9.74. The number of halogens is 1. The molecule has 0 amide bonds. The third-order valence-corrected chi connectivity index (χ3v) is 4.15. The average Bonchev–Trinajstić information content (AvgIpc) is 2.25. The quantitative estimate of drug-likeness (QED) is 0.807. The molecule has 1 atom stereocenters. The minimum atomic E-state index is 0.157. The van der Waals surface area contributed by atoms with E-state index in [4.69, 9.17) is 11.6 Å². The molecule has 1 nitrogen and oxygen atoms in total. The average molecular weight is 282 g/mol. The highest BCUT2D eigenvalue weighted by atomic mass is 35.5. The number of nitrogens with one attached hydrogen (secondary N) is 1. The lowest BCUT2D eigenvalue weighted by Gasteiger charge is -2.37. The molecule has 1 aromatic rings. The van der Waals surface area contributed by atoms with Crippen molar-refractivity contribution in [2.24, 2.45) is 11.3 Å². The second kappa shape index (κ2) is 6.28. The zero-order chi connectivity index (χ0) is 14.7. The van der Waals surface area contributed by atoms with E-state index in [2.05, 4.69) is 59.0 Å². The highest BCUT2D eigenvalue weighted by Crippen LogP contribution is 2.32. The first-order valence-electron chi connectivity index (χ1n) is 7.12. The van der Waals surface area contributed by atoms with Crippen LogP contribution in [0.4, 0.5) is 0 Å². The summed E-state index contributed by atoms with van der Waals surface area (Å²) < 4.78 is 0. The summed E-state index contributed by atoms with van der Waals surface area (Å²) in [6, 6.07) is 8.23. The largest absolute Gasteiger partial charge is 0.312 e. The normalized spacial score (nSPS) is 15.6. The van der Waals surface area contributed by atoms with Gasteiger partial charge in [-0.05, 0) is 56.2 Å². The van der Waals surface area contributed by atoms with Crippen LogP contribution in [0.1, 0.15) is 47.1 Å². The Morgan fingerprint density at radius 1 is 1.16 bits per heavy atom. The van der Waals surface area contributed by atoms with Crippen LogP contribution < -0.4 is 5.32 Å². The SMILES string of the molecule is CC(C)C(C)(CNC(C)(C)C)Cc1cccc(Cl)c1. The van der Waals surface area contributed by atoms with Crippen LogP contribution in [0.15, 0.2) is 24.3 Å². The second-order valence-corrected chi connectivity index (χ2v) is 7.66. The van der Waals surface area contributed by atoms with Gasteiger partial charge in [-0.1, -0.05) is 44.5 Å². The van der Waals surface area contributed by atoms with Crippen LogP contribution in [0, 0.1) is 11.3 Å². The van der Waals surface area contributed by atoms with Crippen molar-refractivity contribution in [2.75, 3.05) is 6.54 Å². The Hall–Kier alpha value is -0.530.